The van der Waals surface area contributed by atoms with Gasteiger partial charge in [-0.25, -0.2) is 4.68 Å². The largest absolute Gasteiger partial charge is 0.348 e. The van der Waals surface area contributed by atoms with E-state index in [0.29, 0.717) is 13.0 Å². The number of aromatic nitrogens is 2. The minimum Gasteiger partial charge on any atom is -0.348 e. The van der Waals surface area contributed by atoms with Crippen LogP contribution in [-0.4, -0.2) is 39.6 Å². The lowest BCUT2D eigenvalue weighted by Crippen LogP contribution is -2.40. The lowest BCUT2D eigenvalue weighted by molar-refractivity contribution is -0.133. The van der Waals surface area contributed by atoms with E-state index in [0.717, 1.165) is 36.9 Å². The number of nitrogens with one attached hydrogen (secondary N) is 1. The quantitative estimate of drug-likeness (QED) is 0.865. The van der Waals surface area contributed by atoms with Crippen LogP contribution in [-0.2, 0) is 21.4 Å². The van der Waals surface area contributed by atoms with Crippen LogP contribution < -0.4 is 5.32 Å². The van der Waals surface area contributed by atoms with Crippen molar-refractivity contribution in [3.8, 4) is 5.69 Å². The average Bonchev–Trinajstić information content (AvgIpc) is 3.28. The predicted octanol–water partition coefficient (Wildman–Crippen LogP) is 3.29. The molecule has 0 spiro atoms. The zero-order chi connectivity index (χ0) is 20.6. The average molecular weight is 395 g/mol. The summed E-state index contributed by atoms with van der Waals surface area (Å²) in [5, 5.41) is 7.76. The van der Waals surface area contributed by atoms with Crippen LogP contribution in [0.2, 0.25) is 0 Å². The topological polar surface area (TPSA) is 67.2 Å². The molecule has 0 bridgehead atoms. The number of rotatable bonds is 4. The van der Waals surface area contributed by atoms with Crippen LogP contribution in [0.25, 0.3) is 5.69 Å². The van der Waals surface area contributed by atoms with Crippen LogP contribution in [0.3, 0.4) is 0 Å². The summed E-state index contributed by atoms with van der Waals surface area (Å²) in [6.45, 7) is 7.47. The second kappa shape index (κ2) is 7.65. The van der Waals surface area contributed by atoms with Gasteiger partial charge in [0, 0.05) is 24.2 Å². The third-order valence-electron chi connectivity index (χ3n) is 6.00. The summed E-state index contributed by atoms with van der Waals surface area (Å²) in [5.74, 6) is -0.00335. The van der Waals surface area contributed by atoms with Gasteiger partial charge in [0.2, 0.25) is 11.8 Å². The van der Waals surface area contributed by atoms with E-state index in [4.69, 9.17) is 0 Å². The fourth-order valence-corrected chi connectivity index (χ4v) is 4.32. The summed E-state index contributed by atoms with van der Waals surface area (Å²) in [7, 11) is 0. The Hall–Kier alpha value is -2.63. The molecule has 0 saturated carbocycles. The first-order chi connectivity index (χ1) is 13.8. The molecule has 154 valence electrons. The molecule has 1 N–H and O–H groups in total. The number of carbonyl (C=O) groups excluding carboxylic acids is 2. The van der Waals surface area contributed by atoms with E-state index in [1.54, 1.807) is 4.90 Å². The third-order valence-corrected chi connectivity index (χ3v) is 6.00. The minimum absolute atomic E-state index is 0.0356. The fraction of sp³-hybridized carbons (Fsp3) is 0.522. The maximum Gasteiger partial charge on any atom is 0.240 e. The highest BCUT2D eigenvalue weighted by Crippen LogP contribution is 2.31. The number of hydrogen-bond acceptors (Lipinski definition) is 3. The van der Waals surface area contributed by atoms with Crippen molar-refractivity contribution in [1.29, 1.82) is 0 Å². The molecule has 1 aromatic heterocycles. The van der Waals surface area contributed by atoms with Crippen molar-refractivity contribution < 1.29 is 9.59 Å². The number of likely N-dealkylation sites (tertiary alicyclic amines) is 1. The lowest BCUT2D eigenvalue weighted by atomic mass is 9.87. The Morgan fingerprint density at radius 2 is 1.93 bits per heavy atom. The monoisotopic (exact) mass is 394 g/mol. The maximum atomic E-state index is 12.5. The Kier molecular flexibility index (Phi) is 5.19. The normalized spacial score (nSPS) is 19.3. The second-order valence-corrected chi connectivity index (χ2v) is 9.19. The zero-order valence-corrected chi connectivity index (χ0v) is 17.6. The molecular weight excluding hydrogens is 364 g/mol. The third kappa shape index (κ3) is 4.07. The smallest absolute Gasteiger partial charge is 0.240 e. The Morgan fingerprint density at radius 1 is 1.17 bits per heavy atom. The summed E-state index contributed by atoms with van der Waals surface area (Å²) >= 11 is 0. The molecule has 4 rings (SSSR count). The molecule has 0 unspecified atom stereocenters. The molecule has 2 amide bonds. The Labute approximate surface area is 172 Å². The number of amides is 2. The first-order valence-electron chi connectivity index (χ1n) is 10.6. The summed E-state index contributed by atoms with van der Waals surface area (Å²) < 4.78 is 2.00. The van der Waals surface area contributed by atoms with E-state index in [-0.39, 0.29) is 29.8 Å². The molecular formula is C23H30N4O2. The molecule has 6 heteroatoms. The van der Waals surface area contributed by atoms with Gasteiger partial charge in [-0.1, -0.05) is 32.9 Å². The van der Waals surface area contributed by atoms with E-state index in [1.165, 1.54) is 11.3 Å². The van der Waals surface area contributed by atoms with Crippen molar-refractivity contribution in [2.24, 2.45) is 0 Å². The van der Waals surface area contributed by atoms with Crippen molar-refractivity contribution in [2.75, 3.05) is 13.1 Å². The molecule has 6 nitrogen and oxygen atoms in total. The standard InChI is InChI=1S/C23H30N4O2/c1-23(2,3)16-9-11-17(12-10-16)27-20-7-4-6-19(18(20)14-24-27)25-21(28)15-26-13-5-8-22(26)29/h9-12,14,19H,4-8,13,15H2,1-3H3,(H,25,28)/t19-/m1/s1. The molecule has 2 heterocycles. The highest BCUT2D eigenvalue weighted by Gasteiger charge is 2.28. The number of hydrogen-bond donors (Lipinski definition) is 1. The summed E-state index contributed by atoms with van der Waals surface area (Å²) in [4.78, 5) is 25.9. The fourth-order valence-electron chi connectivity index (χ4n) is 4.32. The second-order valence-electron chi connectivity index (χ2n) is 9.19. The Morgan fingerprint density at radius 3 is 2.59 bits per heavy atom. The van der Waals surface area contributed by atoms with Crippen molar-refractivity contribution in [3.63, 3.8) is 0 Å². The number of carbonyl (C=O) groups is 2. The van der Waals surface area contributed by atoms with Gasteiger partial charge in [0.25, 0.3) is 0 Å². The van der Waals surface area contributed by atoms with Crippen LogP contribution >= 0.6 is 0 Å². The first-order valence-corrected chi connectivity index (χ1v) is 10.6. The summed E-state index contributed by atoms with van der Waals surface area (Å²) in [6, 6.07) is 8.54. The molecule has 2 aliphatic rings. The van der Waals surface area contributed by atoms with Crippen LogP contribution in [0.4, 0.5) is 0 Å². The van der Waals surface area contributed by atoms with E-state index in [1.807, 2.05) is 10.9 Å². The van der Waals surface area contributed by atoms with Crippen molar-refractivity contribution in [2.45, 2.75) is 64.3 Å². The summed E-state index contributed by atoms with van der Waals surface area (Å²) in [5.41, 5.74) is 4.73. The molecule has 1 saturated heterocycles. The van der Waals surface area contributed by atoms with Gasteiger partial charge in [0.05, 0.1) is 24.5 Å². The SMILES string of the molecule is CC(C)(C)c1ccc(-n2ncc3c2CCC[C@H]3NC(=O)CN2CCCC2=O)cc1. The van der Waals surface area contributed by atoms with E-state index in [2.05, 4.69) is 55.5 Å². The maximum absolute atomic E-state index is 12.5. The van der Waals surface area contributed by atoms with Crippen molar-refractivity contribution in [1.82, 2.24) is 20.0 Å². The minimum atomic E-state index is -0.0830. The van der Waals surface area contributed by atoms with Crippen molar-refractivity contribution >= 4 is 11.8 Å². The molecule has 1 aliphatic heterocycles. The van der Waals surface area contributed by atoms with Gasteiger partial charge in [-0.3, -0.25) is 9.59 Å². The lowest BCUT2D eigenvalue weighted by Gasteiger charge is -2.25. The van der Waals surface area contributed by atoms with E-state index in [9.17, 15) is 9.59 Å². The number of benzene rings is 1. The predicted molar refractivity (Wildman–Crippen MR) is 112 cm³/mol. The molecule has 2 aromatic rings. The summed E-state index contributed by atoms with van der Waals surface area (Å²) in [6.07, 6.45) is 6.15. The van der Waals surface area contributed by atoms with Crippen LogP contribution in [0.1, 0.15) is 69.3 Å². The molecule has 1 aliphatic carbocycles. The number of fused-ring (bicyclic) bond motifs is 1. The Bertz CT molecular complexity index is 908. The van der Waals surface area contributed by atoms with Gasteiger partial charge in [0.1, 0.15) is 0 Å². The molecule has 1 atom stereocenters. The first kappa shape index (κ1) is 19.7. The van der Waals surface area contributed by atoms with E-state index >= 15 is 0 Å². The van der Waals surface area contributed by atoms with Crippen LogP contribution in [0, 0.1) is 0 Å². The van der Waals surface area contributed by atoms with Crippen molar-refractivity contribution in [3.05, 3.63) is 47.3 Å². The molecule has 29 heavy (non-hydrogen) atoms. The molecule has 1 fully saturated rings. The van der Waals surface area contributed by atoms with Gasteiger partial charge in [-0.05, 0) is 48.8 Å². The van der Waals surface area contributed by atoms with Crippen LogP contribution in [0.15, 0.2) is 30.5 Å². The van der Waals surface area contributed by atoms with Gasteiger partial charge in [-0.2, -0.15) is 5.10 Å². The zero-order valence-electron chi connectivity index (χ0n) is 17.6. The number of nitrogens with zero attached hydrogens (tertiary/aromatic N) is 3. The van der Waals surface area contributed by atoms with Gasteiger partial charge < -0.3 is 10.2 Å². The van der Waals surface area contributed by atoms with Gasteiger partial charge in [-0.15, -0.1) is 0 Å². The van der Waals surface area contributed by atoms with Crippen LogP contribution in [0.5, 0.6) is 0 Å². The highest BCUT2D eigenvalue weighted by molar-refractivity contribution is 5.86. The highest BCUT2D eigenvalue weighted by atomic mass is 16.2. The Balaban J connectivity index is 1.50. The molecule has 1 aromatic carbocycles. The van der Waals surface area contributed by atoms with Gasteiger partial charge in [0.15, 0.2) is 0 Å². The molecule has 0 radical (unpaired) electrons. The van der Waals surface area contributed by atoms with Gasteiger partial charge >= 0.3 is 0 Å². The van der Waals surface area contributed by atoms with E-state index < -0.39 is 0 Å².